The van der Waals surface area contributed by atoms with Crippen LogP contribution in [0.25, 0.3) is 0 Å². The molecule has 0 saturated carbocycles. The minimum atomic E-state index is -3.20. The molecule has 0 radical (unpaired) electrons. The molecule has 1 aromatic carbocycles. The van der Waals surface area contributed by atoms with Gasteiger partial charge >= 0.3 is 0 Å². The second-order valence-electron chi connectivity index (χ2n) is 6.50. The lowest BCUT2D eigenvalue weighted by atomic mass is 10.1. The van der Waals surface area contributed by atoms with E-state index in [1.807, 2.05) is 6.92 Å². The van der Waals surface area contributed by atoms with Crippen LogP contribution in [0.2, 0.25) is 0 Å². The lowest BCUT2D eigenvalue weighted by Gasteiger charge is -2.23. The minimum Gasteiger partial charge on any atom is -0.357 e. The third-order valence-electron chi connectivity index (χ3n) is 3.57. The molecule has 5 nitrogen and oxygen atoms in total. The molecular formula is C17H28FN3O2S2. The van der Waals surface area contributed by atoms with Crippen molar-refractivity contribution in [2.45, 2.75) is 37.8 Å². The van der Waals surface area contributed by atoms with Crippen molar-refractivity contribution in [3.8, 4) is 0 Å². The summed E-state index contributed by atoms with van der Waals surface area (Å²) in [6.07, 6.45) is 3.22. The molecule has 0 aliphatic carbocycles. The van der Waals surface area contributed by atoms with Gasteiger partial charge < -0.3 is 10.6 Å². The Kier molecular flexibility index (Phi) is 8.21. The summed E-state index contributed by atoms with van der Waals surface area (Å²) in [5.41, 5.74) is 1.15. The molecule has 8 heteroatoms. The topological polar surface area (TPSA) is 70.6 Å². The normalized spacial score (nSPS) is 13.0. The van der Waals surface area contributed by atoms with Crippen molar-refractivity contribution in [3.63, 3.8) is 0 Å². The van der Waals surface area contributed by atoms with Gasteiger partial charge in [-0.25, -0.2) is 17.8 Å². The predicted octanol–water partition coefficient (Wildman–Crippen LogP) is 2.57. The van der Waals surface area contributed by atoms with Crippen LogP contribution in [0.3, 0.4) is 0 Å². The van der Waals surface area contributed by atoms with Crippen LogP contribution in [0.5, 0.6) is 0 Å². The summed E-state index contributed by atoms with van der Waals surface area (Å²) in [4.78, 5) is 4.48. The van der Waals surface area contributed by atoms with E-state index in [-0.39, 0.29) is 17.0 Å². The van der Waals surface area contributed by atoms with Crippen molar-refractivity contribution in [1.29, 1.82) is 0 Å². The molecule has 0 spiro atoms. The second-order valence-corrected chi connectivity index (χ2v) is 10.1. The van der Waals surface area contributed by atoms with Gasteiger partial charge in [0, 0.05) is 24.1 Å². The van der Waals surface area contributed by atoms with Gasteiger partial charge in [0.05, 0.1) is 12.3 Å². The number of rotatable bonds is 8. The quantitative estimate of drug-likeness (QED) is 0.528. The highest BCUT2D eigenvalue weighted by Crippen LogP contribution is 2.19. The fourth-order valence-corrected chi connectivity index (χ4v) is 3.10. The van der Waals surface area contributed by atoms with Crippen molar-refractivity contribution >= 4 is 27.6 Å². The van der Waals surface area contributed by atoms with E-state index < -0.39 is 15.7 Å². The Morgan fingerprint density at radius 1 is 1.28 bits per heavy atom. The maximum Gasteiger partial charge on any atom is 0.191 e. The smallest absolute Gasteiger partial charge is 0.191 e. The Hall–Kier alpha value is -1.28. The van der Waals surface area contributed by atoms with Crippen LogP contribution in [0.4, 0.5) is 4.39 Å². The van der Waals surface area contributed by atoms with E-state index in [4.69, 9.17) is 0 Å². The standard InChI is InChI=1S/C17H28FN3O2S2/c1-6-19-16(21-12-17(2,3)24-4)20-10-14-9-15(18)8-7-13(14)11-25(5,22)23/h7-9H,6,10-12H2,1-5H3,(H2,19,20,21). The fraction of sp³-hybridized carbons (Fsp3) is 0.588. The highest BCUT2D eigenvalue weighted by atomic mass is 32.2. The Morgan fingerprint density at radius 3 is 2.52 bits per heavy atom. The van der Waals surface area contributed by atoms with E-state index in [9.17, 15) is 12.8 Å². The first-order chi connectivity index (χ1) is 11.6. The molecule has 0 amide bonds. The fourth-order valence-electron chi connectivity index (χ4n) is 2.04. The third-order valence-corrected chi connectivity index (χ3v) is 5.66. The van der Waals surface area contributed by atoms with Gasteiger partial charge in [0.25, 0.3) is 0 Å². The van der Waals surface area contributed by atoms with Crippen molar-refractivity contribution in [3.05, 3.63) is 35.1 Å². The lowest BCUT2D eigenvalue weighted by molar-refractivity contribution is 0.600. The van der Waals surface area contributed by atoms with Crippen molar-refractivity contribution in [1.82, 2.24) is 10.6 Å². The summed E-state index contributed by atoms with van der Waals surface area (Å²) in [7, 11) is -3.20. The highest BCUT2D eigenvalue weighted by molar-refractivity contribution is 7.99. The van der Waals surface area contributed by atoms with Gasteiger partial charge in [-0.05, 0) is 50.3 Å². The van der Waals surface area contributed by atoms with E-state index in [0.29, 0.717) is 23.6 Å². The van der Waals surface area contributed by atoms with Crippen LogP contribution >= 0.6 is 11.8 Å². The number of guanidine groups is 1. The summed E-state index contributed by atoms with van der Waals surface area (Å²) in [5.74, 6) is 0.102. The van der Waals surface area contributed by atoms with Gasteiger partial charge in [-0.1, -0.05) is 6.07 Å². The molecule has 0 aromatic heterocycles. The molecule has 0 unspecified atom stereocenters. The molecule has 0 bridgehead atoms. The number of hydrogen-bond acceptors (Lipinski definition) is 4. The molecule has 0 heterocycles. The first-order valence-corrected chi connectivity index (χ1v) is 11.4. The summed E-state index contributed by atoms with van der Waals surface area (Å²) in [6, 6.07) is 4.13. The van der Waals surface area contributed by atoms with Crippen LogP contribution in [0.1, 0.15) is 31.9 Å². The number of thioether (sulfide) groups is 1. The monoisotopic (exact) mass is 389 g/mol. The number of halogens is 1. The predicted molar refractivity (Wildman–Crippen MR) is 105 cm³/mol. The van der Waals surface area contributed by atoms with E-state index >= 15 is 0 Å². The first-order valence-electron chi connectivity index (χ1n) is 8.08. The van der Waals surface area contributed by atoms with E-state index in [2.05, 4.69) is 35.7 Å². The van der Waals surface area contributed by atoms with Crippen LogP contribution < -0.4 is 10.6 Å². The summed E-state index contributed by atoms with van der Waals surface area (Å²) in [5, 5.41) is 6.42. The van der Waals surface area contributed by atoms with Gasteiger partial charge in [-0.2, -0.15) is 11.8 Å². The Bertz CT molecular complexity index is 704. The third kappa shape index (κ3) is 8.58. The van der Waals surface area contributed by atoms with Gasteiger partial charge in [0.1, 0.15) is 5.82 Å². The molecule has 0 atom stereocenters. The van der Waals surface area contributed by atoms with Gasteiger partial charge in [-0.15, -0.1) is 0 Å². The summed E-state index contributed by atoms with van der Waals surface area (Å²) < 4.78 is 36.8. The maximum absolute atomic E-state index is 13.6. The highest BCUT2D eigenvalue weighted by Gasteiger charge is 2.16. The largest absolute Gasteiger partial charge is 0.357 e. The summed E-state index contributed by atoms with van der Waals surface area (Å²) >= 11 is 1.75. The number of nitrogens with zero attached hydrogens (tertiary/aromatic N) is 1. The van der Waals surface area contributed by atoms with Crippen LogP contribution in [-0.4, -0.2) is 44.7 Å². The van der Waals surface area contributed by atoms with Crippen LogP contribution in [0, 0.1) is 5.82 Å². The average Bonchev–Trinajstić information content (AvgIpc) is 2.51. The zero-order valence-corrected chi connectivity index (χ0v) is 17.2. The molecule has 0 fully saturated rings. The number of sulfone groups is 1. The number of nitrogens with one attached hydrogen (secondary N) is 2. The minimum absolute atomic E-state index is 0.0521. The SMILES string of the molecule is CCNC(=NCc1cc(F)ccc1CS(C)(=O)=O)NCC(C)(C)SC. The van der Waals surface area contributed by atoms with Crippen LogP contribution in [0.15, 0.2) is 23.2 Å². The van der Waals surface area contributed by atoms with Gasteiger partial charge in [0.15, 0.2) is 15.8 Å². The molecule has 142 valence electrons. The van der Waals surface area contributed by atoms with Gasteiger partial charge in [-0.3, -0.25) is 0 Å². The zero-order valence-electron chi connectivity index (χ0n) is 15.5. The zero-order chi connectivity index (χ0) is 19.1. The molecule has 1 aromatic rings. The molecule has 25 heavy (non-hydrogen) atoms. The lowest BCUT2D eigenvalue weighted by Crippen LogP contribution is -2.43. The molecule has 2 N–H and O–H groups in total. The second kappa shape index (κ2) is 9.43. The number of benzene rings is 1. The Labute approximate surface area is 154 Å². The van der Waals surface area contributed by atoms with E-state index in [1.54, 1.807) is 11.8 Å². The Balaban J connectivity index is 2.96. The van der Waals surface area contributed by atoms with E-state index in [1.165, 1.54) is 24.5 Å². The van der Waals surface area contributed by atoms with Crippen molar-refractivity contribution in [2.75, 3.05) is 25.6 Å². The molecule has 0 aliphatic heterocycles. The van der Waals surface area contributed by atoms with Gasteiger partial charge in [0.2, 0.25) is 0 Å². The van der Waals surface area contributed by atoms with E-state index in [0.717, 1.165) is 6.54 Å². The molecule has 0 saturated heterocycles. The molecule has 0 aliphatic rings. The Morgan fingerprint density at radius 2 is 1.96 bits per heavy atom. The van der Waals surface area contributed by atoms with Crippen LogP contribution in [-0.2, 0) is 22.1 Å². The maximum atomic E-state index is 13.6. The number of aliphatic imine (C=N–C) groups is 1. The van der Waals surface area contributed by atoms with Crippen molar-refractivity contribution < 1.29 is 12.8 Å². The van der Waals surface area contributed by atoms with Crippen molar-refractivity contribution in [2.24, 2.45) is 4.99 Å². The molecular weight excluding hydrogens is 361 g/mol. The summed E-state index contributed by atoms with van der Waals surface area (Å²) in [6.45, 7) is 7.85. The first kappa shape index (κ1) is 21.8. The average molecular weight is 390 g/mol. The number of hydrogen-bond donors (Lipinski definition) is 2. The molecule has 1 rings (SSSR count).